The van der Waals surface area contributed by atoms with Crippen molar-refractivity contribution >= 4 is 27.6 Å². The Kier molecular flexibility index (Phi) is 6.88. The molecule has 8 nitrogen and oxygen atoms in total. The molecule has 0 aliphatic heterocycles. The quantitative estimate of drug-likeness (QED) is 0.518. The average molecular weight is 442 g/mol. The van der Waals surface area contributed by atoms with E-state index in [1.54, 1.807) is 12.1 Å². The van der Waals surface area contributed by atoms with Gasteiger partial charge >= 0.3 is 5.97 Å². The molecule has 0 spiro atoms. The predicted molar refractivity (Wildman–Crippen MR) is 114 cm³/mol. The molecule has 0 aliphatic rings. The van der Waals surface area contributed by atoms with E-state index in [-0.39, 0.29) is 17.0 Å². The highest BCUT2D eigenvalue weighted by Crippen LogP contribution is 2.16. The van der Waals surface area contributed by atoms with Crippen molar-refractivity contribution < 1.29 is 27.2 Å². The van der Waals surface area contributed by atoms with Gasteiger partial charge in [-0.15, -0.1) is 0 Å². The van der Waals surface area contributed by atoms with Crippen molar-refractivity contribution in [2.24, 2.45) is 0 Å². The minimum atomic E-state index is -3.77. The molecule has 0 saturated carbocycles. The van der Waals surface area contributed by atoms with Gasteiger partial charge < -0.3 is 14.5 Å². The molecule has 0 unspecified atom stereocenters. The number of benzene rings is 2. The Morgan fingerprint density at radius 2 is 1.77 bits per heavy atom. The Morgan fingerprint density at radius 3 is 2.45 bits per heavy atom. The molecule has 2 aromatic carbocycles. The van der Waals surface area contributed by atoms with Crippen LogP contribution in [0.5, 0.6) is 0 Å². The minimum Gasteiger partial charge on any atom is -0.468 e. The van der Waals surface area contributed by atoms with Crippen LogP contribution in [0.2, 0.25) is 0 Å². The van der Waals surface area contributed by atoms with Crippen molar-refractivity contribution in [2.45, 2.75) is 25.3 Å². The summed E-state index contributed by atoms with van der Waals surface area (Å²) in [6, 6.07) is 14.2. The number of rotatable bonds is 8. The number of hydrogen-bond donors (Lipinski definition) is 2. The number of nitrogens with one attached hydrogen (secondary N) is 2. The highest BCUT2D eigenvalue weighted by molar-refractivity contribution is 7.89. The summed E-state index contributed by atoms with van der Waals surface area (Å²) in [5, 5.41) is 2.70. The number of anilines is 1. The maximum Gasteiger partial charge on any atom is 0.338 e. The van der Waals surface area contributed by atoms with Crippen molar-refractivity contribution in [3.63, 3.8) is 0 Å². The number of carbonyl (C=O) groups excluding carboxylic acids is 2. The largest absolute Gasteiger partial charge is 0.468 e. The first-order valence-corrected chi connectivity index (χ1v) is 10.9. The van der Waals surface area contributed by atoms with Gasteiger partial charge in [-0.25, -0.2) is 17.9 Å². The van der Waals surface area contributed by atoms with E-state index in [1.807, 2.05) is 32.0 Å². The number of amides is 1. The number of furan rings is 1. The molecule has 2 N–H and O–H groups in total. The maximum absolute atomic E-state index is 12.3. The molecule has 3 aromatic rings. The topological polar surface area (TPSA) is 115 Å². The Bertz CT molecular complexity index is 1170. The molecule has 0 aliphatic carbocycles. The molecule has 1 heterocycles. The Morgan fingerprint density at radius 1 is 1.03 bits per heavy atom. The second-order valence-corrected chi connectivity index (χ2v) is 8.64. The van der Waals surface area contributed by atoms with Gasteiger partial charge in [-0.1, -0.05) is 12.1 Å². The van der Waals surface area contributed by atoms with Gasteiger partial charge in [0.2, 0.25) is 10.0 Å². The van der Waals surface area contributed by atoms with Gasteiger partial charge in [-0.05, 0) is 67.4 Å². The molecule has 0 radical (unpaired) electrons. The fourth-order valence-corrected chi connectivity index (χ4v) is 3.70. The van der Waals surface area contributed by atoms with E-state index in [4.69, 9.17) is 9.15 Å². The van der Waals surface area contributed by atoms with Gasteiger partial charge in [0, 0.05) is 5.69 Å². The molecule has 162 valence electrons. The van der Waals surface area contributed by atoms with Crippen LogP contribution < -0.4 is 10.0 Å². The average Bonchev–Trinajstić information content (AvgIpc) is 3.27. The van der Waals surface area contributed by atoms with Gasteiger partial charge in [-0.2, -0.15) is 0 Å². The van der Waals surface area contributed by atoms with E-state index in [9.17, 15) is 18.0 Å². The third kappa shape index (κ3) is 6.03. The summed E-state index contributed by atoms with van der Waals surface area (Å²) < 4.78 is 37.2. The van der Waals surface area contributed by atoms with Gasteiger partial charge in [0.1, 0.15) is 5.76 Å². The van der Waals surface area contributed by atoms with E-state index < -0.39 is 28.5 Å². The van der Waals surface area contributed by atoms with Crippen LogP contribution in [-0.2, 0) is 26.1 Å². The van der Waals surface area contributed by atoms with Crippen LogP contribution in [0.3, 0.4) is 0 Å². The lowest BCUT2D eigenvalue weighted by Gasteiger charge is -2.10. The summed E-state index contributed by atoms with van der Waals surface area (Å²) in [5.41, 5.74) is 2.66. The van der Waals surface area contributed by atoms with E-state index in [0.717, 1.165) is 11.1 Å². The normalized spacial score (nSPS) is 11.2. The number of ether oxygens (including phenoxy) is 1. The molecule has 0 saturated heterocycles. The third-order valence-electron chi connectivity index (χ3n) is 4.42. The summed E-state index contributed by atoms with van der Waals surface area (Å²) >= 11 is 0. The van der Waals surface area contributed by atoms with Crippen molar-refractivity contribution in [3.8, 4) is 0 Å². The molecule has 31 heavy (non-hydrogen) atoms. The molecule has 0 atom stereocenters. The first kappa shape index (κ1) is 22.3. The zero-order valence-corrected chi connectivity index (χ0v) is 17.9. The summed E-state index contributed by atoms with van der Waals surface area (Å²) in [6.07, 6.45) is 1.45. The van der Waals surface area contributed by atoms with Gasteiger partial charge in [0.15, 0.2) is 6.61 Å². The van der Waals surface area contributed by atoms with Crippen LogP contribution in [0.1, 0.15) is 27.2 Å². The lowest BCUT2D eigenvalue weighted by molar-refractivity contribution is -0.119. The monoisotopic (exact) mass is 442 g/mol. The Balaban J connectivity index is 1.55. The van der Waals surface area contributed by atoms with E-state index in [2.05, 4.69) is 10.0 Å². The summed E-state index contributed by atoms with van der Waals surface area (Å²) in [4.78, 5) is 24.3. The van der Waals surface area contributed by atoms with Crippen molar-refractivity contribution in [1.82, 2.24) is 4.72 Å². The lowest BCUT2D eigenvalue weighted by atomic mass is 10.1. The van der Waals surface area contributed by atoms with Crippen molar-refractivity contribution in [1.29, 1.82) is 0 Å². The van der Waals surface area contributed by atoms with Crippen LogP contribution in [0.15, 0.2) is 70.2 Å². The summed E-state index contributed by atoms with van der Waals surface area (Å²) in [5.74, 6) is -0.727. The second kappa shape index (κ2) is 9.59. The van der Waals surface area contributed by atoms with Crippen LogP contribution in [0, 0.1) is 13.8 Å². The SMILES string of the molecule is Cc1ccc(C)c(NC(=O)COC(=O)c2ccc(S(=O)(=O)NCc3ccco3)cc2)c1. The Labute approximate surface area is 180 Å². The zero-order valence-electron chi connectivity index (χ0n) is 17.0. The number of carbonyl (C=O) groups is 2. The molecule has 3 rings (SSSR count). The van der Waals surface area contributed by atoms with E-state index >= 15 is 0 Å². The molecule has 0 fully saturated rings. The molecule has 0 bridgehead atoms. The Hall–Kier alpha value is -3.43. The maximum atomic E-state index is 12.3. The lowest BCUT2D eigenvalue weighted by Crippen LogP contribution is -2.23. The molecular formula is C22H22N2O6S. The summed E-state index contributed by atoms with van der Waals surface area (Å²) in [6.45, 7) is 3.32. The van der Waals surface area contributed by atoms with Crippen LogP contribution >= 0.6 is 0 Å². The fourth-order valence-electron chi connectivity index (χ4n) is 2.70. The first-order chi connectivity index (χ1) is 14.7. The molecule has 1 amide bonds. The van der Waals surface area contributed by atoms with Crippen LogP contribution in [-0.4, -0.2) is 26.9 Å². The highest BCUT2D eigenvalue weighted by atomic mass is 32.2. The van der Waals surface area contributed by atoms with E-state index in [1.165, 1.54) is 30.5 Å². The smallest absolute Gasteiger partial charge is 0.338 e. The number of hydrogen-bond acceptors (Lipinski definition) is 6. The first-order valence-electron chi connectivity index (χ1n) is 9.41. The molecule has 1 aromatic heterocycles. The van der Waals surface area contributed by atoms with Gasteiger partial charge in [0.05, 0.1) is 23.3 Å². The second-order valence-electron chi connectivity index (χ2n) is 6.87. The standard InChI is InChI=1S/C22H22N2O6S/c1-15-5-6-16(2)20(12-15)24-21(25)14-30-22(26)17-7-9-19(10-8-17)31(27,28)23-13-18-4-3-11-29-18/h3-12,23H,13-14H2,1-2H3,(H,24,25). The fraction of sp³-hybridized carbons (Fsp3) is 0.182. The van der Waals surface area contributed by atoms with Crippen molar-refractivity contribution in [2.75, 3.05) is 11.9 Å². The van der Waals surface area contributed by atoms with E-state index in [0.29, 0.717) is 11.4 Å². The van der Waals surface area contributed by atoms with Gasteiger partial charge in [0.25, 0.3) is 5.91 Å². The highest BCUT2D eigenvalue weighted by Gasteiger charge is 2.16. The molecule has 9 heteroatoms. The summed E-state index contributed by atoms with van der Waals surface area (Å²) in [7, 11) is -3.77. The predicted octanol–water partition coefficient (Wildman–Crippen LogP) is 3.17. The number of sulfonamides is 1. The molecular weight excluding hydrogens is 420 g/mol. The van der Waals surface area contributed by atoms with Gasteiger partial charge in [-0.3, -0.25) is 4.79 Å². The minimum absolute atomic E-state index is 0.00858. The number of aryl methyl sites for hydroxylation is 2. The third-order valence-corrected chi connectivity index (χ3v) is 5.84. The van der Waals surface area contributed by atoms with Crippen LogP contribution in [0.4, 0.5) is 5.69 Å². The zero-order chi connectivity index (χ0) is 22.4. The number of esters is 1. The van der Waals surface area contributed by atoms with Crippen molar-refractivity contribution in [3.05, 3.63) is 83.3 Å². The van der Waals surface area contributed by atoms with Crippen LogP contribution in [0.25, 0.3) is 0 Å².